The Bertz CT molecular complexity index is 1360. The molecule has 1 fully saturated rings. The first-order chi connectivity index (χ1) is 24.4. The molecule has 5 aliphatic rings. The van der Waals surface area contributed by atoms with Gasteiger partial charge in [0.25, 0.3) is 47.3 Å². The van der Waals surface area contributed by atoms with Gasteiger partial charge < -0.3 is 16.5 Å². The molecule has 280 valence electrons. The third-order valence-electron chi connectivity index (χ3n) is 9.38. The number of carbonyl (C=O) groups is 8. The van der Waals surface area contributed by atoms with Crippen molar-refractivity contribution in [3.8, 4) is 0 Å². The SMILES string of the molecule is C[Si]1(CCCN2C(=O)C=CC2=O)O[Si](C)(CCCN2C(=O)C=CC2=O)O[Si](C)(CCCN2C(=O)C=CC2=O)O[Si](C)(CCCN2C(=O)C=CC2=O)O1. The van der Waals surface area contributed by atoms with Crippen molar-refractivity contribution in [2.24, 2.45) is 0 Å². The molecule has 0 radical (unpaired) electrons. The van der Waals surface area contributed by atoms with E-state index in [1.54, 1.807) is 0 Å². The van der Waals surface area contributed by atoms with Crippen LogP contribution in [-0.4, -0.2) is 127 Å². The molecule has 0 aromatic heterocycles. The minimum atomic E-state index is -3.26. The largest absolute Gasteiger partial charge is 0.416 e. The molecule has 0 saturated carbocycles. The molecule has 20 heteroatoms. The Labute approximate surface area is 306 Å². The Morgan fingerprint density at radius 3 is 0.654 bits per heavy atom. The monoisotopic (exact) mass is 788 g/mol. The van der Waals surface area contributed by atoms with Gasteiger partial charge in [-0.3, -0.25) is 58.0 Å². The lowest BCUT2D eigenvalue weighted by Crippen LogP contribution is -2.67. The summed E-state index contributed by atoms with van der Waals surface area (Å²) >= 11 is 0. The average Bonchev–Trinajstić information content (AvgIpc) is 3.76. The number of amides is 8. The quantitative estimate of drug-likeness (QED) is 0.163. The molecule has 5 rings (SSSR count). The number of hydrogen-bond acceptors (Lipinski definition) is 12. The van der Waals surface area contributed by atoms with E-state index in [1.165, 1.54) is 48.6 Å². The van der Waals surface area contributed by atoms with Crippen LogP contribution < -0.4 is 0 Å². The molecule has 0 aliphatic carbocycles. The lowest BCUT2D eigenvalue weighted by atomic mass is 10.4. The molecule has 0 aromatic rings. The fourth-order valence-corrected chi connectivity index (χ4v) is 30.4. The second-order valence-corrected chi connectivity index (χ2v) is 28.3. The predicted octanol–water partition coefficient (Wildman–Crippen LogP) is 1.61. The van der Waals surface area contributed by atoms with Crippen molar-refractivity contribution in [2.45, 2.75) is 76.0 Å². The van der Waals surface area contributed by atoms with Gasteiger partial charge in [0, 0.05) is 74.8 Å². The number of hydrogen-bond donors (Lipinski definition) is 0. The summed E-state index contributed by atoms with van der Waals surface area (Å²) in [4.78, 5) is 103. The Morgan fingerprint density at radius 2 is 0.500 bits per heavy atom. The van der Waals surface area contributed by atoms with Crippen molar-refractivity contribution in [3.63, 3.8) is 0 Å². The molecule has 0 atom stereocenters. The molecule has 5 aliphatic heterocycles. The third-order valence-corrected chi connectivity index (χ3v) is 28.2. The molecule has 0 spiro atoms. The Hall–Kier alpha value is -3.77. The van der Waals surface area contributed by atoms with Gasteiger partial charge in [0.15, 0.2) is 0 Å². The first kappa shape index (κ1) is 39.4. The minimum absolute atomic E-state index is 0.159. The lowest BCUT2D eigenvalue weighted by Gasteiger charge is -2.50. The molecule has 8 amide bonds. The van der Waals surface area contributed by atoms with E-state index in [4.69, 9.17) is 16.5 Å². The van der Waals surface area contributed by atoms with E-state index in [0.29, 0.717) is 49.9 Å². The van der Waals surface area contributed by atoms with E-state index < -0.39 is 81.5 Å². The normalized spacial score (nSPS) is 30.7. The molecule has 0 aromatic carbocycles. The zero-order valence-electron chi connectivity index (χ0n) is 29.8. The topological polar surface area (TPSA) is 186 Å². The van der Waals surface area contributed by atoms with Gasteiger partial charge in [-0.2, -0.15) is 0 Å². The molecule has 5 heterocycles. The molecule has 0 unspecified atom stereocenters. The van der Waals surface area contributed by atoms with Gasteiger partial charge in [0.1, 0.15) is 0 Å². The highest BCUT2D eigenvalue weighted by molar-refractivity contribution is 6.93. The Balaban J connectivity index is 1.38. The number of rotatable bonds is 16. The van der Waals surface area contributed by atoms with Gasteiger partial charge in [-0.15, -0.1) is 0 Å². The summed E-state index contributed by atoms with van der Waals surface area (Å²) in [5.74, 6) is -3.13. The Kier molecular flexibility index (Phi) is 11.9. The highest BCUT2D eigenvalue weighted by Crippen LogP contribution is 2.39. The van der Waals surface area contributed by atoms with Crippen molar-refractivity contribution >= 4 is 81.5 Å². The van der Waals surface area contributed by atoms with Gasteiger partial charge in [-0.1, -0.05) is 0 Å². The summed E-state index contributed by atoms with van der Waals surface area (Å²) in [5.41, 5.74) is 0. The van der Waals surface area contributed by atoms with E-state index in [-0.39, 0.29) is 26.2 Å². The summed E-state index contributed by atoms with van der Waals surface area (Å²) in [5, 5.41) is 0. The molecule has 0 N–H and O–H groups in total. The van der Waals surface area contributed by atoms with Crippen molar-refractivity contribution in [1.29, 1.82) is 0 Å². The van der Waals surface area contributed by atoms with Crippen molar-refractivity contribution in [3.05, 3.63) is 48.6 Å². The molecular weight excluding hydrogens is 745 g/mol. The van der Waals surface area contributed by atoms with Gasteiger partial charge >= 0.3 is 34.2 Å². The van der Waals surface area contributed by atoms with Crippen LogP contribution in [0.15, 0.2) is 48.6 Å². The van der Waals surface area contributed by atoms with Crippen LogP contribution in [0.1, 0.15) is 25.7 Å². The van der Waals surface area contributed by atoms with Crippen LogP contribution in [0.4, 0.5) is 0 Å². The van der Waals surface area contributed by atoms with Crippen LogP contribution >= 0.6 is 0 Å². The van der Waals surface area contributed by atoms with Crippen LogP contribution in [0.2, 0.25) is 50.4 Å². The minimum Gasteiger partial charge on any atom is -0.416 e. The predicted molar refractivity (Wildman–Crippen MR) is 192 cm³/mol. The second kappa shape index (κ2) is 15.7. The maximum Gasteiger partial charge on any atom is 0.317 e. The first-order valence-electron chi connectivity index (χ1n) is 17.4. The Morgan fingerprint density at radius 1 is 0.346 bits per heavy atom. The van der Waals surface area contributed by atoms with Crippen molar-refractivity contribution in [1.82, 2.24) is 19.6 Å². The van der Waals surface area contributed by atoms with E-state index in [2.05, 4.69) is 0 Å². The molecule has 52 heavy (non-hydrogen) atoms. The van der Waals surface area contributed by atoms with Crippen LogP contribution in [0.25, 0.3) is 0 Å². The van der Waals surface area contributed by atoms with Crippen LogP contribution in [-0.2, 0) is 54.8 Å². The summed E-state index contributed by atoms with van der Waals surface area (Å²) in [6.45, 7) is 8.24. The summed E-state index contributed by atoms with van der Waals surface area (Å²) in [7, 11) is -13.0. The molecule has 1 saturated heterocycles. The van der Waals surface area contributed by atoms with Crippen molar-refractivity contribution in [2.75, 3.05) is 26.2 Å². The third kappa shape index (κ3) is 9.41. The second-order valence-electron chi connectivity index (χ2n) is 14.0. The number of carbonyl (C=O) groups excluding carboxylic acids is 8. The van der Waals surface area contributed by atoms with Gasteiger partial charge in [-0.25, -0.2) is 0 Å². The lowest BCUT2D eigenvalue weighted by molar-refractivity contribution is -0.138. The van der Waals surface area contributed by atoms with Gasteiger partial charge in [0.2, 0.25) is 0 Å². The zero-order chi connectivity index (χ0) is 37.9. The average molecular weight is 789 g/mol. The van der Waals surface area contributed by atoms with E-state index in [1.807, 2.05) is 26.2 Å². The summed E-state index contributed by atoms with van der Waals surface area (Å²) < 4.78 is 28.3. The smallest absolute Gasteiger partial charge is 0.317 e. The molecule has 16 nitrogen and oxygen atoms in total. The van der Waals surface area contributed by atoms with Gasteiger partial charge in [0.05, 0.1) is 0 Å². The number of nitrogens with zero attached hydrogens (tertiary/aromatic N) is 4. The van der Waals surface area contributed by atoms with E-state index >= 15 is 0 Å². The highest BCUT2D eigenvalue weighted by Gasteiger charge is 2.56. The van der Waals surface area contributed by atoms with Crippen LogP contribution in [0, 0.1) is 0 Å². The molecular formula is C32H44N4O12Si4. The van der Waals surface area contributed by atoms with Crippen molar-refractivity contribution < 1.29 is 54.8 Å². The van der Waals surface area contributed by atoms with Gasteiger partial charge in [-0.05, 0) is 76.0 Å². The van der Waals surface area contributed by atoms with E-state index in [9.17, 15) is 38.4 Å². The van der Waals surface area contributed by atoms with Crippen LogP contribution in [0.5, 0.6) is 0 Å². The first-order valence-corrected chi connectivity index (χ1v) is 27.5. The maximum absolute atomic E-state index is 12.3. The summed E-state index contributed by atoms with van der Waals surface area (Å²) in [6, 6.07) is 1.53. The summed E-state index contributed by atoms with van der Waals surface area (Å²) in [6.07, 6.45) is 11.4. The fourth-order valence-electron chi connectivity index (χ4n) is 7.16. The fraction of sp³-hybridized carbons (Fsp3) is 0.500. The standard InChI is InChI=1S/C32H44N4O12Si4/c1-49(21-5-17-33-25(37)9-10-26(33)38)45-50(2,22-6-18-34-27(39)11-12-28(34)40)47-52(4,24-8-20-36-31(43)15-16-32(36)44)48-51(3,46-49)23-7-19-35-29(41)13-14-30(35)42/h9-16H,5-8,17-24H2,1-4H3. The van der Waals surface area contributed by atoms with Crippen LogP contribution in [0.3, 0.4) is 0 Å². The number of imide groups is 4. The van der Waals surface area contributed by atoms with E-state index in [0.717, 1.165) is 19.6 Å². The maximum atomic E-state index is 12.3. The highest BCUT2D eigenvalue weighted by atomic mass is 28.5. The molecule has 0 bridgehead atoms. The zero-order valence-corrected chi connectivity index (χ0v) is 33.8.